The average molecular weight is 488 g/mol. The molecule has 0 spiro atoms. The third-order valence-corrected chi connectivity index (χ3v) is 6.25. The zero-order chi connectivity index (χ0) is 25.8. The van der Waals surface area contributed by atoms with E-state index in [4.69, 9.17) is 26.0 Å². The first-order chi connectivity index (χ1) is 17.6. The largest absolute Gasteiger partial charge is 0.493 e. The quantitative estimate of drug-likeness (QED) is 0.388. The van der Waals surface area contributed by atoms with Crippen LogP contribution in [0.2, 0.25) is 0 Å². The van der Waals surface area contributed by atoms with Crippen molar-refractivity contribution in [3.63, 3.8) is 0 Å². The number of anilines is 1. The number of hydrogen-bond donors (Lipinski definition) is 3. The number of rotatable bonds is 9. The molecule has 1 heterocycles. The smallest absolute Gasteiger partial charge is 0.165 e. The molecule has 7 heteroatoms. The Labute approximate surface area is 214 Å². The van der Waals surface area contributed by atoms with E-state index in [2.05, 4.69) is 46.2 Å². The molecule has 0 saturated carbocycles. The molecule has 7 nitrogen and oxygen atoms in total. The summed E-state index contributed by atoms with van der Waals surface area (Å²) in [6.45, 7) is 4.09. The Morgan fingerprint density at radius 2 is 1.53 bits per heavy atom. The van der Waals surface area contributed by atoms with Gasteiger partial charge >= 0.3 is 0 Å². The maximum atomic E-state index is 8.39. The monoisotopic (exact) mass is 487 g/mol. The van der Waals surface area contributed by atoms with Crippen molar-refractivity contribution in [2.45, 2.75) is 12.5 Å². The zero-order valence-corrected chi connectivity index (χ0v) is 21.2. The van der Waals surface area contributed by atoms with Crippen molar-refractivity contribution in [3.8, 4) is 11.5 Å². The van der Waals surface area contributed by atoms with Crippen molar-refractivity contribution in [1.29, 1.82) is 10.8 Å². The van der Waals surface area contributed by atoms with Crippen LogP contribution >= 0.6 is 0 Å². The number of ether oxygens (including phenoxy) is 2. The van der Waals surface area contributed by atoms with Gasteiger partial charge in [-0.1, -0.05) is 60.7 Å². The minimum atomic E-state index is -0.328. The summed E-state index contributed by atoms with van der Waals surface area (Å²) in [5, 5.41) is 16.0. The summed E-state index contributed by atoms with van der Waals surface area (Å²) < 4.78 is 11.0. The topological polar surface area (TPSA) is 98.7 Å². The van der Waals surface area contributed by atoms with Gasteiger partial charge in [-0.3, -0.25) is 4.90 Å². The van der Waals surface area contributed by atoms with Crippen LogP contribution in [0.4, 0.5) is 5.69 Å². The lowest BCUT2D eigenvalue weighted by molar-refractivity contribution is 0.225. The predicted molar refractivity (Wildman–Crippen MR) is 148 cm³/mol. The van der Waals surface area contributed by atoms with Gasteiger partial charge in [0.15, 0.2) is 11.5 Å². The zero-order valence-electron chi connectivity index (χ0n) is 21.2. The molecular formula is C29H37N5O2. The first-order valence-corrected chi connectivity index (χ1v) is 12.2. The first-order valence-electron chi connectivity index (χ1n) is 12.2. The van der Waals surface area contributed by atoms with E-state index in [9.17, 15) is 0 Å². The number of nitrogens with zero attached hydrogens (tertiary/aromatic N) is 2. The van der Waals surface area contributed by atoms with Crippen molar-refractivity contribution < 1.29 is 9.47 Å². The Hall–Kier alpha value is -3.68. The van der Waals surface area contributed by atoms with E-state index in [-0.39, 0.29) is 11.8 Å². The number of nitrogens with one attached hydrogen (secondary N) is 2. The molecule has 3 aromatic rings. The van der Waals surface area contributed by atoms with E-state index >= 15 is 0 Å². The molecule has 0 amide bonds. The SMILES string of the molecule is COc1cccc(C(C(=N)C=N)N2CCN(c3ccccc3)CC2)c1OC.NCCc1ccccc1. The fourth-order valence-corrected chi connectivity index (χ4v) is 4.46. The summed E-state index contributed by atoms with van der Waals surface area (Å²) in [6.07, 6.45) is 2.11. The molecule has 1 fully saturated rings. The highest BCUT2D eigenvalue weighted by Crippen LogP contribution is 2.37. The highest BCUT2D eigenvalue weighted by molar-refractivity contribution is 6.30. The Morgan fingerprint density at radius 3 is 2.08 bits per heavy atom. The highest BCUT2D eigenvalue weighted by atomic mass is 16.5. The molecule has 1 aliphatic rings. The van der Waals surface area contributed by atoms with Crippen LogP contribution < -0.4 is 20.1 Å². The summed E-state index contributed by atoms with van der Waals surface area (Å²) >= 11 is 0. The Kier molecular flexibility index (Phi) is 10.5. The number of hydrogen-bond acceptors (Lipinski definition) is 7. The molecule has 4 N–H and O–H groups in total. The molecule has 4 rings (SSSR count). The van der Waals surface area contributed by atoms with Crippen LogP contribution in [0.1, 0.15) is 17.2 Å². The van der Waals surface area contributed by atoms with Crippen LogP contribution in [0.3, 0.4) is 0 Å². The van der Waals surface area contributed by atoms with Gasteiger partial charge in [0.25, 0.3) is 0 Å². The van der Waals surface area contributed by atoms with Crippen molar-refractivity contribution in [2.75, 3.05) is 51.8 Å². The normalized spacial score (nSPS) is 14.2. The van der Waals surface area contributed by atoms with Crippen molar-refractivity contribution in [1.82, 2.24) is 4.90 Å². The van der Waals surface area contributed by atoms with Gasteiger partial charge in [0.05, 0.1) is 26.0 Å². The molecule has 0 aliphatic carbocycles. The Balaban J connectivity index is 0.000000338. The molecule has 36 heavy (non-hydrogen) atoms. The summed E-state index contributed by atoms with van der Waals surface area (Å²) in [5.41, 5.74) is 9.00. The predicted octanol–water partition coefficient (Wildman–Crippen LogP) is 4.42. The van der Waals surface area contributed by atoms with Gasteiger partial charge in [-0.25, -0.2) is 0 Å². The number of methoxy groups -OCH3 is 2. The van der Waals surface area contributed by atoms with Crippen LogP contribution in [-0.2, 0) is 6.42 Å². The standard InChI is InChI=1S/C21H26N4O2.C8H11N/c1-26-19-10-6-9-17(21(19)27-2)20(18(23)15-22)25-13-11-24(12-14-25)16-7-4-3-5-8-16;9-7-6-8-4-2-1-3-5-8/h3-10,15,20,22-23H,11-14H2,1-2H3;1-5H,6-7,9H2. The Bertz CT molecular complexity index is 1080. The summed E-state index contributed by atoms with van der Waals surface area (Å²) in [5.74, 6) is 1.27. The van der Waals surface area contributed by atoms with Crippen molar-refractivity contribution in [2.24, 2.45) is 5.73 Å². The molecule has 3 aromatic carbocycles. The second-order valence-electron chi connectivity index (χ2n) is 8.47. The fraction of sp³-hybridized carbons (Fsp3) is 0.310. The summed E-state index contributed by atoms with van der Waals surface area (Å²) in [7, 11) is 3.22. The molecular weight excluding hydrogens is 450 g/mol. The van der Waals surface area contributed by atoms with Crippen LogP contribution in [0.25, 0.3) is 0 Å². The third-order valence-electron chi connectivity index (χ3n) is 6.25. The minimum absolute atomic E-state index is 0.245. The van der Waals surface area contributed by atoms with Gasteiger partial charge < -0.3 is 30.9 Å². The van der Waals surface area contributed by atoms with E-state index < -0.39 is 0 Å². The lowest BCUT2D eigenvalue weighted by atomic mass is 9.98. The van der Waals surface area contributed by atoms with Crippen LogP contribution in [0.5, 0.6) is 11.5 Å². The average Bonchev–Trinajstić information content (AvgIpc) is 2.95. The van der Waals surface area contributed by atoms with Crippen LogP contribution in [0, 0.1) is 10.8 Å². The van der Waals surface area contributed by atoms with Crippen molar-refractivity contribution >= 4 is 17.6 Å². The van der Waals surface area contributed by atoms with Crippen molar-refractivity contribution in [3.05, 3.63) is 90.0 Å². The van der Waals surface area contributed by atoms with E-state index in [0.717, 1.165) is 50.9 Å². The molecule has 0 bridgehead atoms. The highest BCUT2D eigenvalue weighted by Gasteiger charge is 2.30. The second-order valence-corrected chi connectivity index (χ2v) is 8.47. The third kappa shape index (κ3) is 6.93. The molecule has 0 radical (unpaired) electrons. The molecule has 1 saturated heterocycles. The van der Waals surface area contributed by atoms with Gasteiger partial charge in [0, 0.05) is 43.6 Å². The van der Waals surface area contributed by atoms with E-state index in [1.807, 2.05) is 42.5 Å². The number of benzene rings is 3. The van der Waals surface area contributed by atoms with Gasteiger partial charge in [0.2, 0.25) is 0 Å². The second kappa shape index (κ2) is 14.0. The van der Waals surface area contributed by atoms with Gasteiger partial charge in [-0.05, 0) is 36.7 Å². The maximum absolute atomic E-state index is 8.39. The molecule has 1 unspecified atom stereocenters. The van der Waals surface area contributed by atoms with Gasteiger partial charge in [-0.15, -0.1) is 0 Å². The molecule has 190 valence electrons. The first kappa shape index (κ1) is 26.9. The van der Waals surface area contributed by atoms with Crippen LogP contribution in [-0.4, -0.2) is 63.8 Å². The minimum Gasteiger partial charge on any atom is -0.493 e. The molecule has 1 atom stereocenters. The molecule has 0 aromatic heterocycles. The summed E-state index contributed by atoms with van der Waals surface area (Å²) in [4.78, 5) is 4.59. The Morgan fingerprint density at radius 1 is 0.889 bits per heavy atom. The molecule has 1 aliphatic heterocycles. The maximum Gasteiger partial charge on any atom is 0.165 e. The van der Waals surface area contributed by atoms with E-state index in [1.54, 1.807) is 14.2 Å². The van der Waals surface area contributed by atoms with Gasteiger partial charge in [-0.2, -0.15) is 0 Å². The van der Waals surface area contributed by atoms with Gasteiger partial charge in [0.1, 0.15) is 0 Å². The number of piperazine rings is 1. The van der Waals surface area contributed by atoms with Crippen LogP contribution in [0.15, 0.2) is 78.9 Å². The van der Waals surface area contributed by atoms with E-state index in [0.29, 0.717) is 11.5 Å². The lowest BCUT2D eigenvalue weighted by Crippen LogP contribution is -2.49. The fourth-order valence-electron chi connectivity index (χ4n) is 4.46. The number of para-hydroxylation sites is 2. The summed E-state index contributed by atoms with van der Waals surface area (Å²) in [6, 6.07) is 26.0. The number of nitrogens with two attached hydrogens (primary N) is 1. The van der Waals surface area contributed by atoms with E-state index in [1.165, 1.54) is 11.3 Å². The lowest BCUT2D eigenvalue weighted by Gasteiger charge is -2.40.